The summed E-state index contributed by atoms with van der Waals surface area (Å²) in [6.07, 6.45) is 6.07. The molecule has 1 aliphatic carbocycles. The monoisotopic (exact) mass is 197 g/mol. The van der Waals surface area contributed by atoms with Crippen LogP contribution in [-0.4, -0.2) is 35.6 Å². The van der Waals surface area contributed by atoms with E-state index in [1.165, 1.54) is 25.7 Å². The van der Waals surface area contributed by atoms with E-state index in [1.54, 1.807) is 0 Å². The first kappa shape index (κ1) is 9.97. The number of hydrogen-bond acceptors (Lipinski definition) is 2. The van der Waals surface area contributed by atoms with Gasteiger partial charge in [0.2, 0.25) is 0 Å². The first-order valence-electron chi connectivity index (χ1n) is 5.61. The molecule has 3 atom stereocenters. The van der Waals surface area contributed by atoms with Crippen LogP contribution in [0.5, 0.6) is 0 Å². The number of likely N-dealkylation sites (tertiary alicyclic amines) is 1. The van der Waals surface area contributed by atoms with Crippen molar-refractivity contribution in [3.63, 3.8) is 0 Å². The molecule has 0 spiro atoms. The summed E-state index contributed by atoms with van der Waals surface area (Å²) in [6, 6.07) is -0.227. The smallest absolute Gasteiger partial charge is 0.320 e. The number of nitrogens with zero attached hydrogens (tertiary/aromatic N) is 1. The molecule has 2 aliphatic rings. The Hall–Kier alpha value is -0.570. The predicted octanol–water partition coefficient (Wildman–Crippen LogP) is 1.58. The molecule has 3 heteroatoms. The molecule has 0 amide bonds. The van der Waals surface area contributed by atoms with Crippen molar-refractivity contribution in [1.82, 2.24) is 4.90 Å². The van der Waals surface area contributed by atoms with Gasteiger partial charge in [0, 0.05) is 6.54 Å². The average molecular weight is 197 g/mol. The maximum atomic E-state index is 11.0. The lowest BCUT2D eigenvalue weighted by molar-refractivity contribution is -0.146. The topological polar surface area (TPSA) is 40.5 Å². The van der Waals surface area contributed by atoms with Crippen molar-refractivity contribution >= 4 is 5.97 Å². The van der Waals surface area contributed by atoms with Crippen molar-refractivity contribution in [2.75, 3.05) is 13.6 Å². The number of hydrogen-bond donors (Lipinski definition) is 1. The van der Waals surface area contributed by atoms with Crippen LogP contribution in [0.25, 0.3) is 0 Å². The van der Waals surface area contributed by atoms with Gasteiger partial charge in [-0.1, -0.05) is 19.3 Å². The third-order valence-electron chi connectivity index (χ3n) is 3.93. The zero-order chi connectivity index (χ0) is 10.1. The molecule has 14 heavy (non-hydrogen) atoms. The Bertz CT molecular complexity index is 229. The highest BCUT2D eigenvalue weighted by molar-refractivity contribution is 5.73. The summed E-state index contributed by atoms with van der Waals surface area (Å²) in [5.41, 5.74) is 0. The molecule has 1 N–H and O–H groups in total. The summed E-state index contributed by atoms with van der Waals surface area (Å²) < 4.78 is 0. The van der Waals surface area contributed by atoms with Gasteiger partial charge in [-0.05, 0) is 31.7 Å². The Morgan fingerprint density at radius 1 is 1.29 bits per heavy atom. The number of aliphatic carboxylic acids is 1. The third-order valence-corrected chi connectivity index (χ3v) is 3.93. The highest BCUT2D eigenvalue weighted by Gasteiger charge is 2.37. The molecule has 1 saturated heterocycles. The van der Waals surface area contributed by atoms with Gasteiger partial charge in [0.25, 0.3) is 0 Å². The van der Waals surface area contributed by atoms with E-state index in [2.05, 4.69) is 0 Å². The molecular formula is C11H19NO2. The summed E-state index contributed by atoms with van der Waals surface area (Å²) in [6.45, 7) is 0.988. The zero-order valence-electron chi connectivity index (χ0n) is 8.78. The average Bonchev–Trinajstić information content (AvgIpc) is 2.16. The van der Waals surface area contributed by atoms with Crippen LogP contribution in [0.1, 0.15) is 32.1 Å². The second kappa shape index (κ2) is 3.89. The number of likely N-dealkylation sites (N-methyl/N-ethyl adjacent to an activating group) is 1. The second-order valence-corrected chi connectivity index (χ2v) is 4.83. The van der Waals surface area contributed by atoms with Crippen molar-refractivity contribution in [3.05, 3.63) is 0 Å². The maximum Gasteiger partial charge on any atom is 0.320 e. The number of carbonyl (C=O) groups is 1. The van der Waals surface area contributed by atoms with Crippen molar-refractivity contribution in [3.8, 4) is 0 Å². The van der Waals surface area contributed by atoms with E-state index < -0.39 is 5.97 Å². The standard InChI is InChI=1S/C11H19NO2/c1-12-7-9-5-3-2-4-8(9)6-10(12)11(13)14/h8-10H,2-7H2,1H3,(H,13,14)/t8?,9?,10-/m0/s1. The number of carboxylic acid groups (broad SMARTS) is 1. The van der Waals surface area contributed by atoms with E-state index in [4.69, 9.17) is 5.11 Å². The summed E-state index contributed by atoms with van der Waals surface area (Å²) in [7, 11) is 1.95. The summed E-state index contributed by atoms with van der Waals surface area (Å²) in [5, 5.41) is 9.06. The van der Waals surface area contributed by atoms with E-state index in [1.807, 2.05) is 11.9 Å². The van der Waals surface area contributed by atoms with Gasteiger partial charge in [-0.15, -0.1) is 0 Å². The molecule has 0 aromatic heterocycles. The van der Waals surface area contributed by atoms with Crippen LogP contribution in [0, 0.1) is 11.8 Å². The van der Waals surface area contributed by atoms with Gasteiger partial charge >= 0.3 is 5.97 Å². The minimum absolute atomic E-state index is 0.227. The first-order chi connectivity index (χ1) is 6.68. The maximum absolute atomic E-state index is 11.0. The Morgan fingerprint density at radius 3 is 2.57 bits per heavy atom. The summed E-state index contributed by atoms with van der Waals surface area (Å²) in [5.74, 6) is 0.807. The molecule has 2 fully saturated rings. The molecule has 1 saturated carbocycles. The van der Waals surface area contributed by atoms with Crippen LogP contribution in [0.15, 0.2) is 0 Å². The van der Waals surface area contributed by atoms with Crippen LogP contribution in [-0.2, 0) is 4.79 Å². The van der Waals surface area contributed by atoms with Gasteiger partial charge < -0.3 is 5.11 Å². The number of piperidine rings is 1. The van der Waals surface area contributed by atoms with Gasteiger partial charge in [0.05, 0.1) is 0 Å². The van der Waals surface area contributed by atoms with E-state index in [-0.39, 0.29) is 6.04 Å². The molecule has 3 nitrogen and oxygen atoms in total. The molecule has 80 valence electrons. The minimum Gasteiger partial charge on any atom is -0.480 e. The number of fused-ring (bicyclic) bond motifs is 1. The van der Waals surface area contributed by atoms with Crippen LogP contribution >= 0.6 is 0 Å². The molecule has 2 rings (SSSR count). The normalized spacial score (nSPS) is 39.1. The number of carboxylic acids is 1. The van der Waals surface area contributed by atoms with Crippen molar-refractivity contribution in [1.29, 1.82) is 0 Å². The molecule has 2 unspecified atom stereocenters. The van der Waals surface area contributed by atoms with Gasteiger partial charge in [0.1, 0.15) is 6.04 Å². The molecule has 1 heterocycles. The van der Waals surface area contributed by atoms with E-state index in [9.17, 15) is 4.79 Å². The highest BCUT2D eigenvalue weighted by Crippen LogP contribution is 2.37. The minimum atomic E-state index is -0.642. The Labute approximate surface area is 85.1 Å². The summed E-state index contributed by atoms with van der Waals surface area (Å²) >= 11 is 0. The van der Waals surface area contributed by atoms with Crippen molar-refractivity contribution < 1.29 is 9.90 Å². The molecule has 0 aromatic rings. The lowest BCUT2D eigenvalue weighted by atomic mass is 9.73. The van der Waals surface area contributed by atoms with E-state index in [0.717, 1.165) is 18.9 Å². The molecular weight excluding hydrogens is 178 g/mol. The van der Waals surface area contributed by atoms with Crippen LogP contribution in [0.4, 0.5) is 0 Å². The second-order valence-electron chi connectivity index (χ2n) is 4.83. The molecule has 1 aliphatic heterocycles. The first-order valence-corrected chi connectivity index (χ1v) is 5.61. The molecule has 0 aromatic carbocycles. The molecule has 0 radical (unpaired) electrons. The van der Waals surface area contributed by atoms with Crippen LogP contribution in [0.3, 0.4) is 0 Å². The number of rotatable bonds is 1. The van der Waals surface area contributed by atoms with Crippen LogP contribution < -0.4 is 0 Å². The van der Waals surface area contributed by atoms with E-state index in [0.29, 0.717) is 5.92 Å². The Balaban J connectivity index is 2.03. The summed E-state index contributed by atoms with van der Waals surface area (Å²) in [4.78, 5) is 13.0. The fourth-order valence-electron chi connectivity index (χ4n) is 3.09. The third kappa shape index (κ3) is 1.78. The Kier molecular flexibility index (Phi) is 2.77. The quantitative estimate of drug-likeness (QED) is 0.694. The van der Waals surface area contributed by atoms with Gasteiger partial charge in [-0.25, -0.2) is 0 Å². The van der Waals surface area contributed by atoms with Crippen molar-refractivity contribution in [2.24, 2.45) is 11.8 Å². The van der Waals surface area contributed by atoms with Crippen LogP contribution in [0.2, 0.25) is 0 Å². The fourth-order valence-corrected chi connectivity index (χ4v) is 3.09. The van der Waals surface area contributed by atoms with Gasteiger partial charge in [-0.2, -0.15) is 0 Å². The lowest BCUT2D eigenvalue weighted by Gasteiger charge is -2.43. The largest absolute Gasteiger partial charge is 0.480 e. The van der Waals surface area contributed by atoms with E-state index >= 15 is 0 Å². The highest BCUT2D eigenvalue weighted by atomic mass is 16.4. The van der Waals surface area contributed by atoms with Crippen molar-refractivity contribution in [2.45, 2.75) is 38.1 Å². The fraction of sp³-hybridized carbons (Fsp3) is 0.909. The molecule has 0 bridgehead atoms. The SMILES string of the molecule is CN1CC2CCCCC2C[C@H]1C(=O)O. The van der Waals surface area contributed by atoms with Gasteiger partial charge in [-0.3, -0.25) is 9.69 Å². The predicted molar refractivity (Wildman–Crippen MR) is 54.1 cm³/mol. The van der Waals surface area contributed by atoms with Gasteiger partial charge in [0.15, 0.2) is 0 Å². The lowest BCUT2D eigenvalue weighted by Crippen LogP contribution is -2.49. The zero-order valence-corrected chi connectivity index (χ0v) is 8.78. The Morgan fingerprint density at radius 2 is 1.93 bits per heavy atom.